The maximum atomic E-state index is 13.7. The number of nitrogens with zero attached hydrogens (tertiary/aromatic N) is 2. The molecule has 0 bridgehead atoms. The van der Waals surface area contributed by atoms with Crippen LogP contribution in [0.1, 0.15) is 10.4 Å². The van der Waals surface area contributed by atoms with Crippen molar-refractivity contribution in [2.45, 2.75) is 0 Å². The smallest absolute Gasteiger partial charge is 0.255 e. The van der Waals surface area contributed by atoms with E-state index in [-0.39, 0.29) is 11.7 Å². The Morgan fingerprint density at radius 3 is 2.38 bits per heavy atom. The Balaban J connectivity index is 1.29. The minimum absolute atomic E-state index is 0.272. The van der Waals surface area contributed by atoms with Crippen LogP contribution < -0.4 is 15.4 Å². The first-order chi connectivity index (χ1) is 16.6. The van der Waals surface area contributed by atoms with Crippen LogP contribution in [0.4, 0.5) is 21.5 Å². The SMILES string of the molecule is O=C(Nc1ccc(Nc2ccncc2)cc1)c1cccc(Oc2ccnc3ccc(F)cc23)c1. The molecule has 2 N–H and O–H groups in total. The maximum Gasteiger partial charge on any atom is 0.255 e. The molecule has 0 saturated carbocycles. The summed E-state index contributed by atoms with van der Waals surface area (Å²) in [6, 6.07) is 23.9. The summed E-state index contributed by atoms with van der Waals surface area (Å²) >= 11 is 0. The molecular formula is C27H19FN4O2. The van der Waals surface area contributed by atoms with E-state index in [2.05, 4.69) is 20.6 Å². The lowest BCUT2D eigenvalue weighted by atomic mass is 10.1. The number of hydrogen-bond donors (Lipinski definition) is 2. The van der Waals surface area contributed by atoms with Gasteiger partial charge < -0.3 is 15.4 Å². The fourth-order valence-electron chi connectivity index (χ4n) is 3.45. The van der Waals surface area contributed by atoms with Crippen molar-refractivity contribution in [3.05, 3.63) is 115 Å². The fourth-order valence-corrected chi connectivity index (χ4v) is 3.45. The zero-order valence-electron chi connectivity index (χ0n) is 17.9. The number of nitrogens with one attached hydrogen (secondary N) is 2. The second kappa shape index (κ2) is 9.38. The molecule has 0 radical (unpaired) electrons. The van der Waals surface area contributed by atoms with Gasteiger partial charge in [0.2, 0.25) is 0 Å². The molecule has 5 rings (SSSR count). The van der Waals surface area contributed by atoms with Crippen molar-refractivity contribution < 1.29 is 13.9 Å². The van der Waals surface area contributed by atoms with E-state index in [4.69, 9.17) is 4.74 Å². The summed E-state index contributed by atoms with van der Waals surface area (Å²) in [4.78, 5) is 21.0. The van der Waals surface area contributed by atoms with Crippen molar-refractivity contribution in [2.75, 3.05) is 10.6 Å². The molecule has 0 spiro atoms. The molecule has 0 aliphatic heterocycles. The first-order valence-electron chi connectivity index (χ1n) is 10.5. The predicted octanol–water partition coefficient (Wildman–Crippen LogP) is 6.56. The summed E-state index contributed by atoms with van der Waals surface area (Å²) in [5.41, 5.74) is 3.52. The van der Waals surface area contributed by atoms with Gasteiger partial charge in [0.05, 0.1) is 5.52 Å². The third-order valence-corrected chi connectivity index (χ3v) is 5.10. The Morgan fingerprint density at radius 1 is 0.794 bits per heavy atom. The van der Waals surface area contributed by atoms with Crippen LogP contribution in [-0.2, 0) is 0 Å². The average Bonchev–Trinajstić information content (AvgIpc) is 2.86. The van der Waals surface area contributed by atoms with Gasteiger partial charge in [-0.1, -0.05) is 6.07 Å². The average molecular weight is 450 g/mol. The number of hydrogen-bond acceptors (Lipinski definition) is 5. The highest BCUT2D eigenvalue weighted by atomic mass is 19.1. The molecule has 0 unspecified atom stereocenters. The highest BCUT2D eigenvalue weighted by Crippen LogP contribution is 2.30. The van der Waals surface area contributed by atoms with Crippen LogP contribution in [0.25, 0.3) is 10.9 Å². The van der Waals surface area contributed by atoms with Gasteiger partial charge in [-0.15, -0.1) is 0 Å². The van der Waals surface area contributed by atoms with E-state index in [0.29, 0.717) is 33.7 Å². The van der Waals surface area contributed by atoms with E-state index in [0.717, 1.165) is 11.4 Å². The Morgan fingerprint density at radius 2 is 1.56 bits per heavy atom. The molecule has 1 amide bonds. The lowest BCUT2D eigenvalue weighted by Gasteiger charge is -2.11. The van der Waals surface area contributed by atoms with E-state index in [1.54, 1.807) is 55.0 Å². The van der Waals surface area contributed by atoms with Crippen LogP contribution in [0.3, 0.4) is 0 Å². The number of aromatic nitrogens is 2. The molecule has 166 valence electrons. The zero-order valence-corrected chi connectivity index (χ0v) is 17.9. The lowest BCUT2D eigenvalue weighted by Crippen LogP contribution is -2.11. The third kappa shape index (κ3) is 4.83. The molecule has 0 saturated heterocycles. The second-order valence-corrected chi connectivity index (χ2v) is 7.49. The monoisotopic (exact) mass is 450 g/mol. The maximum absolute atomic E-state index is 13.7. The number of fused-ring (bicyclic) bond motifs is 1. The van der Waals surface area contributed by atoms with Crippen molar-refractivity contribution in [2.24, 2.45) is 0 Å². The van der Waals surface area contributed by atoms with Crippen LogP contribution in [0.15, 0.2) is 104 Å². The van der Waals surface area contributed by atoms with Gasteiger partial charge in [0.25, 0.3) is 5.91 Å². The summed E-state index contributed by atoms with van der Waals surface area (Å²) in [6.07, 6.45) is 5.02. The number of amides is 1. The number of rotatable bonds is 6. The van der Waals surface area contributed by atoms with Gasteiger partial charge in [0, 0.05) is 46.6 Å². The lowest BCUT2D eigenvalue weighted by molar-refractivity contribution is 0.102. The molecular weight excluding hydrogens is 431 g/mol. The number of ether oxygens (including phenoxy) is 1. The Hall–Kier alpha value is -4.78. The third-order valence-electron chi connectivity index (χ3n) is 5.10. The van der Waals surface area contributed by atoms with Gasteiger partial charge in [0.1, 0.15) is 17.3 Å². The van der Waals surface area contributed by atoms with Gasteiger partial charge in [-0.2, -0.15) is 0 Å². The molecule has 0 aliphatic carbocycles. The van der Waals surface area contributed by atoms with Gasteiger partial charge in [-0.05, 0) is 78.9 Å². The minimum atomic E-state index is -0.375. The summed E-state index contributed by atoms with van der Waals surface area (Å²) in [5, 5.41) is 6.70. The van der Waals surface area contributed by atoms with Crippen molar-refractivity contribution >= 4 is 33.9 Å². The largest absolute Gasteiger partial charge is 0.457 e. The van der Waals surface area contributed by atoms with Crippen LogP contribution >= 0.6 is 0 Å². The van der Waals surface area contributed by atoms with E-state index < -0.39 is 0 Å². The molecule has 3 aromatic carbocycles. The quantitative estimate of drug-likeness (QED) is 0.306. The van der Waals surface area contributed by atoms with Gasteiger partial charge in [-0.3, -0.25) is 14.8 Å². The van der Waals surface area contributed by atoms with E-state index in [1.807, 2.05) is 36.4 Å². The predicted molar refractivity (Wildman–Crippen MR) is 130 cm³/mol. The van der Waals surface area contributed by atoms with Crippen LogP contribution in [-0.4, -0.2) is 15.9 Å². The van der Waals surface area contributed by atoms with Crippen molar-refractivity contribution in [3.8, 4) is 11.5 Å². The molecule has 2 heterocycles. The molecule has 0 fully saturated rings. The van der Waals surface area contributed by atoms with Crippen molar-refractivity contribution in [1.82, 2.24) is 9.97 Å². The van der Waals surface area contributed by atoms with Crippen LogP contribution in [0.2, 0.25) is 0 Å². The normalized spacial score (nSPS) is 10.6. The number of carbonyl (C=O) groups excluding carboxylic acids is 1. The van der Waals surface area contributed by atoms with Crippen molar-refractivity contribution in [3.63, 3.8) is 0 Å². The number of anilines is 3. The van der Waals surface area contributed by atoms with E-state index in [9.17, 15) is 9.18 Å². The zero-order chi connectivity index (χ0) is 23.3. The molecule has 5 aromatic rings. The first kappa shape index (κ1) is 21.1. The molecule has 34 heavy (non-hydrogen) atoms. The Labute approximate surface area is 195 Å². The van der Waals surface area contributed by atoms with Crippen LogP contribution in [0.5, 0.6) is 11.5 Å². The summed E-state index contributed by atoms with van der Waals surface area (Å²) in [6.45, 7) is 0. The van der Waals surface area contributed by atoms with E-state index in [1.165, 1.54) is 12.1 Å². The molecule has 0 atom stereocenters. The van der Waals surface area contributed by atoms with Crippen molar-refractivity contribution in [1.29, 1.82) is 0 Å². The Kier molecular flexibility index (Phi) is 5.82. The standard InChI is InChI=1S/C27H19FN4O2/c28-19-4-9-25-24(17-19)26(12-15-30-25)34-23-3-1-2-18(16-23)27(33)32-21-7-5-20(6-8-21)31-22-10-13-29-14-11-22/h1-17H,(H,29,31)(H,32,33). The fraction of sp³-hybridized carbons (Fsp3) is 0. The number of carbonyl (C=O) groups is 1. The summed E-state index contributed by atoms with van der Waals surface area (Å²) < 4.78 is 19.7. The number of halogens is 1. The van der Waals surface area contributed by atoms with Gasteiger partial charge in [-0.25, -0.2) is 4.39 Å². The molecule has 2 aromatic heterocycles. The number of benzene rings is 3. The van der Waals surface area contributed by atoms with Gasteiger partial charge >= 0.3 is 0 Å². The molecule has 7 heteroatoms. The highest BCUT2D eigenvalue weighted by Gasteiger charge is 2.10. The van der Waals surface area contributed by atoms with Crippen LogP contribution in [0, 0.1) is 5.82 Å². The highest BCUT2D eigenvalue weighted by molar-refractivity contribution is 6.04. The summed E-state index contributed by atoms with van der Waals surface area (Å²) in [5.74, 6) is 0.270. The first-order valence-corrected chi connectivity index (χ1v) is 10.5. The van der Waals surface area contributed by atoms with Gasteiger partial charge in [0.15, 0.2) is 0 Å². The number of pyridine rings is 2. The van der Waals surface area contributed by atoms with E-state index >= 15 is 0 Å². The Bertz CT molecular complexity index is 1460. The minimum Gasteiger partial charge on any atom is -0.457 e. The molecule has 0 aliphatic rings. The topological polar surface area (TPSA) is 76.1 Å². The second-order valence-electron chi connectivity index (χ2n) is 7.49. The molecule has 6 nitrogen and oxygen atoms in total. The summed E-state index contributed by atoms with van der Waals surface area (Å²) in [7, 11) is 0.